The molecule has 9 heavy (non-hydrogen) atoms. The van der Waals surface area contributed by atoms with Gasteiger partial charge in [-0.2, -0.15) is 0 Å². The van der Waals surface area contributed by atoms with Crippen LogP contribution in [0, 0.1) is 0 Å². The van der Waals surface area contributed by atoms with Crippen LogP contribution >= 0.6 is 12.6 Å². The van der Waals surface area contributed by atoms with Crippen molar-refractivity contribution in [3.63, 3.8) is 0 Å². The highest BCUT2D eigenvalue weighted by Crippen LogP contribution is 2.09. The monoisotopic (exact) mass is 140 g/mol. The molecule has 1 aromatic rings. The molecule has 0 spiro atoms. The normalized spacial score (nSPS) is 9.44. The third kappa shape index (κ3) is 1.37. The molecule has 1 aromatic heterocycles. The molecular formula is C6H6NOS. The number of aliphatic hydroxyl groups excluding tert-OH is 1. The molecule has 0 atom stereocenters. The number of aliphatic hydroxyl groups is 1. The lowest BCUT2D eigenvalue weighted by Gasteiger charge is -1.94. The standard InChI is InChI=1S/C6H6NOS/c8-4-5-1-2-7-3-6(5)9/h1-3,8H,4H2. The van der Waals surface area contributed by atoms with Crippen molar-refractivity contribution in [3.05, 3.63) is 24.0 Å². The van der Waals surface area contributed by atoms with E-state index in [1.165, 1.54) is 0 Å². The summed E-state index contributed by atoms with van der Waals surface area (Å²) in [5.41, 5.74) is 0.764. The topological polar surface area (TPSA) is 33.1 Å². The number of hydrogen-bond acceptors (Lipinski definition) is 2. The van der Waals surface area contributed by atoms with Gasteiger partial charge < -0.3 is 5.11 Å². The summed E-state index contributed by atoms with van der Waals surface area (Å²) in [7, 11) is 0. The smallest absolute Gasteiger partial charge is 0.0697 e. The lowest BCUT2D eigenvalue weighted by molar-refractivity contribution is 0.279. The highest BCUT2D eigenvalue weighted by atomic mass is 32.1. The first-order valence-corrected chi connectivity index (χ1v) is 2.96. The minimum absolute atomic E-state index is 0.00134. The zero-order valence-electron chi connectivity index (χ0n) is 4.74. The second kappa shape index (κ2) is 2.75. The second-order valence-electron chi connectivity index (χ2n) is 1.64. The molecule has 0 aliphatic heterocycles. The van der Waals surface area contributed by atoms with Crippen LogP contribution in [0.1, 0.15) is 5.56 Å². The average Bonchev–Trinajstić information content (AvgIpc) is 1.89. The molecule has 3 heteroatoms. The highest BCUT2D eigenvalue weighted by Gasteiger charge is 1.93. The third-order valence-electron chi connectivity index (χ3n) is 1.04. The van der Waals surface area contributed by atoms with E-state index in [-0.39, 0.29) is 6.61 Å². The summed E-state index contributed by atoms with van der Waals surface area (Å²) < 4.78 is 0. The Morgan fingerprint density at radius 2 is 2.44 bits per heavy atom. The van der Waals surface area contributed by atoms with Crippen LogP contribution in [0.5, 0.6) is 0 Å². The van der Waals surface area contributed by atoms with E-state index in [2.05, 4.69) is 4.98 Å². The van der Waals surface area contributed by atoms with Crippen LogP contribution in [0.4, 0.5) is 0 Å². The van der Waals surface area contributed by atoms with Crippen LogP contribution in [0.25, 0.3) is 0 Å². The predicted molar refractivity (Wildman–Crippen MR) is 36.0 cm³/mol. The van der Waals surface area contributed by atoms with Crippen molar-refractivity contribution in [2.75, 3.05) is 0 Å². The Balaban J connectivity index is 3.01. The lowest BCUT2D eigenvalue weighted by Crippen LogP contribution is -1.84. The van der Waals surface area contributed by atoms with Crippen molar-refractivity contribution in [1.82, 2.24) is 4.98 Å². The van der Waals surface area contributed by atoms with Gasteiger partial charge in [0.1, 0.15) is 0 Å². The summed E-state index contributed by atoms with van der Waals surface area (Å²) in [6, 6.07) is 1.71. The Kier molecular flexibility index (Phi) is 1.97. The van der Waals surface area contributed by atoms with Gasteiger partial charge in [0.25, 0.3) is 0 Å². The summed E-state index contributed by atoms with van der Waals surface area (Å²) >= 11 is 4.83. The van der Waals surface area contributed by atoms with Gasteiger partial charge in [0.2, 0.25) is 0 Å². The molecule has 2 nitrogen and oxygen atoms in total. The molecule has 0 aliphatic rings. The fourth-order valence-corrected chi connectivity index (χ4v) is 0.733. The molecule has 0 unspecified atom stereocenters. The van der Waals surface area contributed by atoms with Crippen LogP contribution in [-0.2, 0) is 6.61 Å². The Labute approximate surface area is 59.0 Å². The molecule has 0 saturated heterocycles. The Hall–Kier alpha value is -0.670. The van der Waals surface area contributed by atoms with Crippen LogP contribution in [0.15, 0.2) is 23.4 Å². The average molecular weight is 140 g/mol. The summed E-state index contributed by atoms with van der Waals surface area (Å²) in [4.78, 5) is 4.40. The summed E-state index contributed by atoms with van der Waals surface area (Å²) in [5.74, 6) is 0. The molecular weight excluding hydrogens is 134 g/mol. The van der Waals surface area contributed by atoms with Gasteiger partial charge in [-0.1, -0.05) is 12.6 Å². The van der Waals surface area contributed by atoms with Crippen molar-refractivity contribution in [2.24, 2.45) is 0 Å². The van der Waals surface area contributed by atoms with Crippen molar-refractivity contribution >= 4 is 12.6 Å². The zero-order valence-corrected chi connectivity index (χ0v) is 5.56. The SMILES string of the molecule is OCc1ccncc1[S]. The van der Waals surface area contributed by atoms with Gasteiger partial charge in [-0.25, -0.2) is 0 Å². The van der Waals surface area contributed by atoms with E-state index in [1.54, 1.807) is 18.5 Å². The minimum atomic E-state index is 0.00134. The van der Waals surface area contributed by atoms with Gasteiger partial charge in [-0.05, 0) is 11.6 Å². The Morgan fingerprint density at radius 3 is 2.89 bits per heavy atom. The Morgan fingerprint density at radius 1 is 1.67 bits per heavy atom. The molecule has 1 heterocycles. The number of aromatic nitrogens is 1. The van der Waals surface area contributed by atoms with Gasteiger partial charge in [0.15, 0.2) is 0 Å². The van der Waals surface area contributed by atoms with Gasteiger partial charge in [-0.15, -0.1) is 0 Å². The molecule has 0 aromatic carbocycles. The zero-order chi connectivity index (χ0) is 6.69. The summed E-state index contributed by atoms with van der Waals surface area (Å²) in [6.45, 7) is 0.00134. The first-order chi connectivity index (χ1) is 4.34. The minimum Gasteiger partial charge on any atom is -0.392 e. The molecule has 1 radical (unpaired) electrons. The van der Waals surface area contributed by atoms with Crippen molar-refractivity contribution in [2.45, 2.75) is 11.5 Å². The number of hydrogen-bond donors (Lipinski definition) is 1. The maximum atomic E-state index is 8.62. The van der Waals surface area contributed by atoms with Crippen molar-refractivity contribution < 1.29 is 5.11 Å². The van der Waals surface area contributed by atoms with Crippen LogP contribution < -0.4 is 0 Å². The lowest BCUT2D eigenvalue weighted by atomic mass is 10.3. The Bertz CT molecular complexity index is 202. The molecule has 0 aliphatic carbocycles. The first-order valence-electron chi connectivity index (χ1n) is 2.55. The third-order valence-corrected chi connectivity index (χ3v) is 1.41. The maximum Gasteiger partial charge on any atom is 0.0697 e. The second-order valence-corrected chi connectivity index (χ2v) is 2.08. The fraction of sp³-hybridized carbons (Fsp3) is 0.167. The first kappa shape index (κ1) is 6.45. The largest absolute Gasteiger partial charge is 0.392 e. The van der Waals surface area contributed by atoms with Crippen LogP contribution in [-0.4, -0.2) is 10.1 Å². The quantitative estimate of drug-likeness (QED) is 0.634. The summed E-state index contributed by atoms with van der Waals surface area (Å²) in [6.07, 6.45) is 3.17. The van der Waals surface area contributed by atoms with E-state index in [0.717, 1.165) is 5.56 Å². The summed E-state index contributed by atoms with van der Waals surface area (Å²) in [5, 5.41) is 8.62. The maximum absolute atomic E-state index is 8.62. The van der Waals surface area contributed by atoms with Gasteiger partial charge in [0.05, 0.1) is 11.5 Å². The molecule has 1 N–H and O–H groups in total. The fourth-order valence-electron chi connectivity index (χ4n) is 0.539. The number of pyridine rings is 1. The molecule has 0 fully saturated rings. The van der Waals surface area contributed by atoms with E-state index < -0.39 is 0 Å². The molecule has 47 valence electrons. The van der Waals surface area contributed by atoms with Gasteiger partial charge >= 0.3 is 0 Å². The predicted octanol–water partition coefficient (Wildman–Crippen LogP) is 1.13. The molecule has 1 rings (SSSR count). The van der Waals surface area contributed by atoms with Crippen molar-refractivity contribution in [1.29, 1.82) is 0 Å². The molecule has 0 amide bonds. The van der Waals surface area contributed by atoms with Crippen LogP contribution in [0.2, 0.25) is 0 Å². The van der Waals surface area contributed by atoms with E-state index >= 15 is 0 Å². The van der Waals surface area contributed by atoms with Crippen molar-refractivity contribution in [3.8, 4) is 0 Å². The van der Waals surface area contributed by atoms with E-state index in [9.17, 15) is 0 Å². The van der Waals surface area contributed by atoms with Gasteiger partial charge in [0, 0.05) is 12.4 Å². The number of nitrogens with zero attached hydrogens (tertiary/aromatic N) is 1. The van der Waals surface area contributed by atoms with Gasteiger partial charge in [-0.3, -0.25) is 4.98 Å². The van der Waals surface area contributed by atoms with E-state index in [0.29, 0.717) is 4.90 Å². The number of rotatable bonds is 1. The van der Waals surface area contributed by atoms with E-state index in [4.69, 9.17) is 17.7 Å². The molecule has 0 bridgehead atoms. The van der Waals surface area contributed by atoms with Crippen LogP contribution in [0.3, 0.4) is 0 Å². The highest BCUT2D eigenvalue weighted by molar-refractivity contribution is 7.80. The molecule has 0 saturated carbocycles. The van der Waals surface area contributed by atoms with E-state index in [1.807, 2.05) is 0 Å².